The molecule has 2 aromatic rings. The van der Waals surface area contributed by atoms with Crippen LogP contribution in [0.2, 0.25) is 5.02 Å². The number of halogens is 1. The number of rotatable bonds is 3. The molecule has 1 aromatic heterocycles. The zero-order valence-corrected chi connectivity index (χ0v) is 17.2. The number of nitrogens with zero attached hydrogens (tertiary/aromatic N) is 2. The summed E-state index contributed by atoms with van der Waals surface area (Å²) >= 11 is 11.4. The molecule has 150 valence electrons. The lowest BCUT2D eigenvalue weighted by atomic mass is 10.1. The van der Waals surface area contributed by atoms with Gasteiger partial charge in [-0.3, -0.25) is 19.8 Å². The van der Waals surface area contributed by atoms with Crippen molar-refractivity contribution >= 4 is 58.4 Å². The summed E-state index contributed by atoms with van der Waals surface area (Å²) in [6.07, 6.45) is 1.42. The van der Waals surface area contributed by atoms with Crippen molar-refractivity contribution in [1.82, 2.24) is 5.32 Å². The number of furan rings is 1. The lowest BCUT2D eigenvalue weighted by Crippen LogP contribution is -2.54. The van der Waals surface area contributed by atoms with E-state index in [1.54, 1.807) is 24.3 Å². The summed E-state index contributed by atoms with van der Waals surface area (Å²) in [5.41, 5.74) is 1.28. The minimum Gasteiger partial charge on any atom is -0.441 e. The Morgan fingerprint density at radius 1 is 1.17 bits per heavy atom. The van der Waals surface area contributed by atoms with Crippen LogP contribution in [0.15, 0.2) is 40.3 Å². The summed E-state index contributed by atoms with van der Waals surface area (Å²) in [7, 11) is 0. The second kappa shape index (κ2) is 7.98. The minimum atomic E-state index is -0.571. The normalized spacial score (nSPS) is 19.1. The Hall–Kier alpha value is -2.68. The molecule has 2 fully saturated rings. The molecule has 0 spiro atoms. The monoisotopic (exact) mass is 431 g/mol. The Balaban J connectivity index is 1.63. The van der Waals surface area contributed by atoms with Crippen molar-refractivity contribution in [3.8, 4) is 0 Å². The van der Waals surface area contributed by atoms with E-state index in [1.807, 2.05) is 17.9 Å². The van der Waals surface area contributed by atoms with E-state index < -0.39 is 11.8 Å². The number of carbonyl (C=O) groups is 2. The molecule has 0 radical (unpaired) electrons. The molecule has 29 heavy (non-hydrogen) atoms. The van der Waals surface area contributed by atoms with Crippen molar-refractivity contribution in [3.63, 3.8) is 0 Å². The van der Waals surface area contributed by atoms with E-state index in [2.05, 4.69) is 5.32 Å². The highest BCUT2D eigenvalue weighted by Crippen LogP contribution is 2.27. The molecule has 0 unspecified atom stereocenters. The Morgan fingerprint density at radius 2 is 1.93 bits per heavy atom. The van der Waals surface area contributed by atoms with Gasteiger partial charge in [-0.2, -0.15) is 0 Å². The highest BCUT2D eigenvalue weighted by Gasteiger charge is 2.35. The van der Waals surface area contributed by atoms with Crippen LogP contribution in [0.5, 0.6) is 0 Å². The maximum absolute atomic E-state index is 13.1. The van der Waals surface area contributed by atoms with Crippen molar-refractivity contribution in [1.29, 1.82) is 0 Å². The van der Waals surface area contributed by atoms with Crippen LogP contribution in [-0.2, 0) is 14.3 Å². The average molecular weight is 432 g/mol. The van der Waals surface area contributed by atoms with E-state index in [1.165, 1.54) is 11.0 Å². The Bertz CT molecular complexity index is 1030. The zero-order valence-electron chi connectivity index (χ0n) is 15.6. The van der Waals surface area contributed by atoms with E-state index in [9.17, 15) is 9.59 Å². The first-order valence-electron chi connectivity index (χ1n) is 9.04. The van der Waals surface area contributed by atoms with Gasteiger partial charge in [-0.15, -0.1) is 0 Å². The predicted molar refractivity (Wildman–Crippen MR) is 114 cm³/mol. The zero-order chi connectivity index (χ0) is 20.5. The number of amides is 2. The highest BCUT2D eigenvalue weighted by atomic mass is 35.5. The van der Waals surface area contributed by atoms with Crippen LogP contribution in [0, 0.1) is 6.92 Å². The van der Waals surface area contributed by atoms with Gasteiger partial charge in [0.1, 0.15) is 11.3 Å². The summed E-state index contributed by atoms with van der Waals surface area (Å²) in [5.74, 6) is -0.0389. The summed E-state index contributed by atoms with van der Waals surface area (Å²) < 4.78 is 11.2. The van der Waals surface area contributed by atoms with Crippen LogP contribution in [0.25, 0.3) is 6.08 Å². The number of anilines is 2. The van der Waals surface area contributed by atoms with Gasteiger partial charge in [0.05, 0.1) is 18.9 Å². The summed E-state index contributed by atoms with van der Waals surface area (Å²) in [6.45, 7) is 4.56. The van der Waals surface area contributed by atoms with Gasteiger partial charge in [-0.25, -0.2) is 0 Å². The molecule has 0 atom stereocenters. The van der Waals surface area contributed by atoms with Gasteiger partial charge in [0.2, 0.25) is 0 Å². The topological polar surface area (TPSA) is 75.0 Å². The van der Waals surface area contributed by atoms with Crippen LogP contribution in [0.3, 0.4) is 0 Å². The molecule has 0 saturated carbocycles. The van der Waals surface area contributed by atoms with E-state index in [0.29, 0.717) is 35.6 Å². The van der Waals surface area contributed by atoms with E-state index in [0.717, 1.165) is 18.7 Å². The summed E-state index contributed by atoms with van der Waals surface area (Å²) in [6, 6.07) is 8.68. The number of carbonyl (C=O) groups excluding carboxylic acids is 2. The molecule has 9 heteroatoms. The van der Waals surface area contributed by atoms with Gasteiger partial charge >= 0.3 is 0 Å². The number of benzene rings is 1. The Labute approximate surface area is 177 Å². The number of hydrogen-bond donors (Lipinski definition) is 1. The first-order valence-corrected chi connectivity index (χ1v) is 9.83. The van der Waals surface area contributed by atoms with Gasteiger partial charge in [0.25, 0.3) is 11.8 Å². The van der Waals surface area contributed by atoms with Crippen LogP contribution in [0.1, 0.15) is 11.3 Å². The van der Waals surface area contributed by atoms with Gasteiger partial charge in [0, 0.05) is 24.2 Å². The number of aryl methyl sites for hydroxylation is 1. The number of thiocarbonyl (C=S) groups is 1. The first-order chi connectivity index (χ1) is 13.9. The second-order valence-electron chi connectivity index (χ2n) is 6.67. The lowest BCUT2D eigenvalue weighted by Gasteiger charge is -2.29. The van der Waals surface area contributed by atoms with Gasteiger partial charge in [-0.1, -0.05) is 17.7 Å². The highest BCUT2D eigenvalue weighted by molar-refractivity contribution is 7.80. The summed E-state index contributed by atoms with van der Waals surface area (Å²) in [5, 5.41) is 3.06. The average Bonchev–Trinajstić information content (AvgIpc) is 3.17. The molecule has 4 rings (SSSR count). The van der Waals surface area contributed by atoms with Crippen molar-refractivity contribution in [2.24, 2.45) is 0 Å². The standard InChI is InChI=1S/C20H18ClN3O4S/c1-12-2-3-13(10-16(12)21)24-19(26)15(18(25)22-20(24)29)11-14-4-5-17(28-14)23-6-8-27-9-7-23/h2-5,10-11H,6-9H2,1H3,(H,22,25,29)/b15-11+. The van der Waals surface area contributed by atoms with Gasteiger partial charge < -0.3 is 14.1 Å². The van der Waals surface area contributed by atoms with Crippen molar-refractivity contribution in [2.45, 2.75) is 6.92 Å². The second-order valence-corrected chi connectivity index (χ2v) is 7.46. The first kappa shape index (κ1) is 19.6. The minimum absolute atomic E-state index is 0.00511. The summed E-state index contributed by atoms with van der Waals surface area (Å²) in [4.78, 5) is 28.8. The largest absolute Gasteiger partial charge is 0.441 e. The maximum atomic E-state index is 13.1. The SMILES string of the molecule is Cc1ccc(N2C(=O)/C(=C/c3ccc(N4CCOCC4)o3)C(=O)NC2=S)cc1Cl. The van der Waals surface area contributed by atoms with Crippen molar-refractivity contribution < 1.29 is 18.7 Å². The quantitative estimate of drug-likeness (QED) is 0.457. The number of ether oxygens (including phenoxy) is 1. The van der Waals surface area contributed by atoms with Crippen LogP contribution >= 0.6 is 23.8 Å². The third kappa shape index (κ3) is 3.91. The fraction of sp³-hybridized carbons (Fsp3) is 0.250. The molecule has 0 aliphatic carbocycles. The molecule has 7 nitrogen and oxygen atoms in total. The van der Waals surface area contributed by atoms with Gasteiger partial charge in [-0.05, 0) is 49.0 Å². The lowest BCUT2D eigenvalue weighted by molar-refractivity contribution is -0.122. The molecule has 2 aliphatic heterocycles. The fourth-order valence-corrected chi connectivity index (χ4v) is 3.58. The Kier molecular flexibility index (Phi) is 5.40. The molecule has 3 heterocycles. The number of hydrogen-bond acceptors (Lipinski definition) is 6. The van der Waals surface area contributed by atoms with Crippen molar-refractivity contribution in [2.75, 3.05) is 36.1 Å². The maximum Gasteiger partial charge on any atom is 0.270 e. The Morgan fingerprint density at radius 3 is 2.66 bits per heavy atom. The predicted octanol–water partition coefficient (Wildman–Crippen LogP) is 2.91. The smallest absolute Gasteiger partial charge is 0.270 e. The molecule has 2 aliphatic rings. The van der Waals surface area contributed by atoms with Crippen LogP contribution in [0.4, 0.5) is 11.6 Å². The third-order valence-electron chi connectivity index (χ3n) is 4.74. The molecule has 1 N–H and O–H groups in total. The van der Waals surface area contributed by atoms with Crippen LogP contribution in [-0.4, -0.2) is 43.2 Å². The number of nitrogens with one attached hydrogen (secondary N) is 1. The molecular formula is C20H18ClN3O4S. The molecular weight excluding hydrogens is 414 g/mol. The van der Waals surface area contributed by atoms with E-state index >= 15 is 0 Å². The fourth-order valence-electron chi connectivity index (χ4n) is 3.13. The van der Waals surface area contributed by atoms with E-state index in [-0.39, 0.29) is 10.7 Å². The molecule has 1 aromatic carbocycles. The molecule has 2 saturated heterocycles. The van der Waals surface area contributed by atoms with E-state index in [4.69, 9.17) is 33.0 Å². The van der Waals surface area contributed by atoms with Crippen LogP contribution < -0.4 is 15.1 Å². The van der Waals surface area contributed by atoms with Crippen molar-refractivity contribution in [3.05, 3.63) is 52.3 Å². The molecule has 2 amide bonds. The van der Waals surface area contributed by atoms with Gasteiger partial charge in [0.15, 0.2) is 11.0 Å². The third-order valence-corrected chi connectivity index (χ3v) is 5.43. The number of morpholine rings is 1. The molecule has 0 bridgehead atoms.